The number of aromatic amines is 1. The molecule has 3 rings (SSSR count). The highest BCUT2D eigenvalue weighted by atomic mass is 32.2. The van der Waals surface area contributed by atoms with Crippen LogP contribution in [0.15, 0.2) is 18.2 Å². The van der Waals surface area contributed by atoms with Gasteiger partial charge in [0.05, 0.1) is 11.5 Å². The van der Waals surface area contributed by atoms with Gasteiger partial charge in [0, 0.05) is 24.0 Å². The number of aromatic nitrogens is 1. The zero-order valence-electron chi connectivity index (χ0n) is 13.0. The Morgan fingerprint density at radius 3 is 2.68 bits per heavy atom. The minimum absolute atomic E-state index is 0.0631. The summed E-state index contributed by atoms with van der Waals surface area (Å²) in [7, 11) is -1.32. The molecule has 1 aromatic heterocycles. The van der Waals surface area contributed by atoms with E-state index in [-0.39, 0.29) is 23.5 Å². The second kappa shape index (κ2) is 5.12. The van der Waals surface area contributed by atoms with E-state index in [1.54, 1.807) is 11.9 Å². The van der Waals surface area contributed by atoms with Gasteiger partial charge in [-0.3, -0.25) is 4.79 Å². The second-order valence-electron chi connectivity index (χ2n) is 6.15. The van der Waals surface area contributed by atoms with Gasteiger partial charge in [-0.15, -0.1) is 0 Å². The maximum atomic E-state index is 12.7. The summed E-state index contributed by atoms with van der Waals surface area (Å²) in [5, 5.41) is 1.04. The lowest BCUT2D eigenvalue weighted by molar-refractivity contribution is 0.0742. The molecule has 1 fully saturated rings. The number of fused-ring (bicyclic) bond motifs is 1. The molecule has 5 nitrogen and oxygen atoms in total. The maximum Gasteiger partial charge on any atom is 0.270 e. The van der Waals surface area contributed by atoms with Crippen LogP contribution in [0.2, 0.25) is 0 Å². The Kier molecular flexibility index (Phi) is 3.51. The van der Waals surface area contributed by atoms with Crippen molar-refractivity contribution in [3.8, 4) is 0 Å². The van der Waals surface area contributed by atoms with Gasteiger partial charge < -0.3 is 9.88 Å². The second-order valence-corrected chi connectivity index (χ2v) is 8.38. The molecule has 1 unspecified atom stereocenters. The standard InChI is InChI=1S/C16H20N2O3S/c1-10-4-5-14-13(8-10)11(2)15(17-14)16(19)18(3)12-6-7-22(20,21)9-12/h4-5,8,12,17H,6-7,9H2,1-3H3. The number of hydrogen-bond donors (Lipinski definition) is 1. The largest absolute Gasteiger partial charge is 0.350 e. The van der Waals surface area contributed by atoms with Crippen molar-refractivity contribution >= 4 is 26.6 Å². The number of rotatable bonds is 2. The molecular formula is C16H20N2O3S. The molecule has 0 spiro atoms. The van der Waals surface area contributed by atoms with E-state index >= 15 is 0 Å². The number of carbonyl (C=O) groups is 1. The van der Waals surface area contributed by atoms with E-state index in [9.17, 15) is 13.2 Å². The fraction of sp³-hybridized carbons (Fsp3) is 0.438. The first-order valence-corrected chi connectivity index (χ1v) is 9.17. The summed E-state index contributed by atoms with van der Waals surface area (Å²) >= 11 is 0. The Bertz CT molecular complexity index is 852. The Morgan fingerprint density at radius 1 is 1.32 bits per heavy atom. The van der Waals surface area contributed by atoms with Gasteiger partial charge in [0.25, 0.3) is 5.91 Å². The van der Waals surface area contributed by atoms with Crippen molar-refractivity contribution in [1.82, 2.24) is 9.88 Å². The third kappa shape index (κ3) is 2.52. The van der Waals surface area contributed by atoms with Gasteiger partial charge in [-0.2, -0.15) is 0 Å². The summed E-state index contributed by atoms with van der Waals surface area (Å²) in [5.41, 5.74) is 3.53. The Labute approximate surface area is 130 Å². The highest BCUT2D eigenvalue weighted by Crippen LogP contribution is 2.25. The van der Waals surface area contributed by atoms with E-state index < -0.39 is 9.84 Å². The molecule has 0 radical (unpaired) electrons. The number of nitrogens with one attached hydrogen (secondary N) is 1. The molecule has 1 atom stereocenters. The Hall–Kier alpha value is -1.82. The van der Waals surface area contributed by atoms with Crippen LogP contribution in [0.1, 0.15) is 28.0 Å². The van der Waals surface area contributed by atoms with Gasteiger partial charge in [0.1, 0.15) is 5.69 Å². The average Bonchev–Trinajstić information content (AvgIpc) is 2.98. The van der Waals surface area contributed by atoms with Crippen molar-refractivity contribution in [3.63, 3.8) is 0 Å². The minimum Gasteiger partial charge on any atom is -0.350 e. The molecule has 1 aliphatic rings. The molecule has 118 valence electrons. The third-order valence-corrected chi connectivity index (χ3v) is 6.25. The quantitative estimate of drug-likeness (QED) is 0.920. The number of nitrogens with zero attached hydrogens (tertiary/aromatic N) is 1. The molecule has 1 amide bonds. The normalized spacial score (nSPS) is 20.4. The summed E-state index contributed by atoms with van der Waals surface area (Å²) in [6.45, 7) is 3.94. The van der Waals surface area contributed by atoms with Crippen molar-refractivity contribution in [2.45, 2.75) is 26.3 Å². The van der Waals surface area contributed by atoms with E-state index in [2.05, 4.69) is 11.1 Å². The maximum absolute atomic E-state index is 12.7. The van der Waals surface area contributed by atoms with Crippen LogP contribution in [-0.2, 0) is 9.84 Å². The number of hydrogen-bond acceptors (Lipinski definition) is 3. The first kappa shape index (κ1) is 15.1. The van der Waals surface area contributed by atoms with Gasteiger partial charge in [-0.05, 0) is 38.0 Å². The average molecular weight is 320 g/mol. The number of carbonyl (C=O) groups excluding carboxylic acids is 1. The van der Waals surface area contributed by atoms with E-state index in [0.717, 1.165) is 22.0 Å². The van der Waals surface area contributed by atoms with Gasteiger partial charge in [-0.25, -0.2) is 8.42 Å². The van der Waals surface area contributed by atoms with Crippen LogP contribution in [0, 0.1) is 13.8 Å². The smallest absolute Gasteiger partial charge is 0.270 e. The van der Waals surface area contributed by atoms with Crippen LogP contribution >= 0.6 is 0 Å². The Balaban J connectivity index is 1.94. The molecule has 1 aromatic carbocycles. The van der Waals surface area contributed by atoms with Gasteiger partial charge >= 0.3 is 0 Å². The molecule has 22 heavy (non-hydrogen) atoms. The van der Waals surface area contributed by atoms with Crippen molar-refractivity contribution in [3.05, 3.63) is 35.0 Å². The summed E-state index contributed by atoms with van der Waals surface area (Å²) < 4.78 is 23.2. The van der Waals surface area contributed by atoms with Gasteiger partial charge in [-0.1, -0.05) is 11.6 Å². The first-order valence-electron chi connectivity index (χ1n) is 7.35. The third-order valence-electron chi connectivity index (χ3n) is 4.50. The van der Waals surface area contributed by atoms with Crippen LogP contribution in [0.4, 0.5) is 0 Å². The molecule has 0 bridgehead atoms. The van der Waals surface area contributed by atoms with Crippen molar-refractivity contribution in [2.24, 2.45) is 0 Å². The lowest BCUT2D eigenvalue weighted by Gasteiger charge is -2.23. The first-order chi connectivity index (χ1) is 10.3. The monoisotopic (exact) mass is 320 g/mol. The highest BCUT2D eigenvalue weighted by molar-refractivity contribution is 7.91. The molecule has 0 aliphatic carbocycles. The molecule has 1 aliphatic heterocycles. The fourth-order valence-corrected chi connectivity index (χ4v) is 4.85. The lowest BCUT2D eigenvalue weighted by atomic mass is 10.1. The number of H-pyrrole nitrogens is 1. The molecule has 1 saturated heterocycles. The molecule has 0 saturated carbocycles. The van der Waals surface area contributed by atoms with Crippen LogP contribution in [0.5, 0.6) is 0 Å². The lowest BCUT2D eigenvalue weighted by Crippen LogP contribution is -2.38. The van der Waals surface area contributed by atoms with Crippen molar-refractivity contribution in [1.29, 1.82) is 0 Å². The van der Waals surface area contributed by atoms with Crippen molar-refractivity contribution in [2.75, 3.05) is 18.6 Å². The Morgan fingerprint density at radius 2 is 2.05 bits per heavy atom. The summed E-state index contributed by atoms with van der Waals surface area (Å²) in [4.78, 5) is 17.5. The number of benzene rings is 1. The highest BCUT2D eigenvalue weighted by Gasteiger charge is 2.33. The molecule has 2 aromatic rings. The van der Waals surface area contributed by atoms with Gasteiger partial charge in [0.2, 0.25) is 0 Å². The molecule has 6 heteroatoms. The number of amides is 1. The van der Waals surface area contributed by atoms with Crippen LogP contribution in [0.25, 0.3) is 10.9 Å². The molecule has 1 N–H and O–H groups in total. The predicted octanol–water partition coefficient (Wildman–Crippen LogP) is 2.04. The molecule has 2 heterocycles. The fourth-order valence-electron chi connectivity index (χ4n) is 3.08. The zero-order chi connectivity index (χ0) is 16.1. The van der Waals surface area contributed by atoms with Crippen LogP contribution in [-0.4, -0.2) is 48.8 Å². The van der Waals surface area contributed by atoms with Crippen molar-refractivity contribution < 1.29 is 13.2 Å². The van der Waals surface area contributed by atoms with E-state index in [4.69, 9.17) is 0 Å². The SMILES string of the molecule is Cc1ccc2[nH]c(C(=O)N(C)C3CCS(=O)(=O)C3)c(C)c2c1. The number of sulfone groups is 1. The predicted molar refractivity (Wildman–Crippen MR) is 86.9 cm³/mol. The topological polar surface area (TPSA) is 70.2 Å². The molecular weight excluding hydrogens is 300 g/mol. The summed E-state index contributed by atoms with van der Waals surface area (Å²) in [5.74, 6) is 0.0850. The minimum atomic E-state index is -3.00. The van der Waals surface area contributed by atoms with Crippen LogP contribution in [0.3, 0.4) is 0 Å². The van der Waals surface area contributed by atoms with Gasteiger partial charge in [0.15, 0.2) is 9.84 Å². The van der Waals surface area contributed by atoms with E-state index in [1.807, 2.05) is 26.0 Å². The van der Waals surface area contributed by atoms with E-state index in [0.29, 0.717) is 12.1 Å². The zero-order valence-corrected chi connectivity index (χ0v) is 13.8. The summed E-state index contributed by atoms with van der Waals surface area (Å²) in [6, 6.07) is 5.79. The number of aryl methyl sites for hydroxylation is 2. The van der Waals surface area contributed by atoms with E-state index in [1.165, 1.54) is 0 Å². The van der Waals surface area contributed by atoms with Crippen LogP contribution < -0.4 is 0 Å². The summed E-state index contributed by atoms with van der Waals surface area (Å²) in [6.07, 6.45) is 0.517.